The minimum absolute atomic E-state index is 0.148. The number of nitrogens with zero attached hydrogens (tertiary/aromatic N) is 3. The van der Waals surface area contributed by atoms with E-state index < -0.39 is 0 Å². The maximum atomic E-state index is 12.5. The van der Waals surface area contributed by atoms with Gasteiger partial charge in [0.1, 0.15) is 16.8 Å². The summed E-state index contributed by atoms with van der Waals surface area (Å²) in [6.45, 7) is 2.09. The normalized spacial score (nSPS) is 12.2. The van der Waals surface area contributed by atoms with Crippen LogP contribution in [0, 0.1) is 0 Å². The lowest BCUT2D eigenvalue weighted by atomic mass is 10.2. The maximum Gasteiger partial charge on any atom is 0.262 e. The average Bonchev–Trinajstić information content (AvgIpc) is 3.13. The molecule has 1 N–H and O–H groups in total. The van der Waals surface area contributed by atoms with Crippen LogP contribution in [0.2, 0.25) is 0 Å². The topological polar surface area (TPSA) is 72.8 Å². The Morgan fingerprint density at radius 2 is 1.85 bits per heavy atom. The van der Waals surface area contributed by atoms with Crippen molar-refractivity contribution in [1.29, 1.82) is 0 Å². The molecular formula is C20H18N4O2S. The molecule has 4 rings (SSSR count). The summed E-state index contributed by atoms with van der Waals surface area (Å²) in [5.74, 6) is 0.663. The Hall–Kier alpha value is -3.06. The molecule has 0 radical (unpaired) electrons. The average molecular weight is 378 g/mol. The lowest BCUT2D eigenvalue weighted by molar-refractivity contribution is 0.412. The van der Waals surface area contributed by atoms with E-state index in [1.54, 1.807) is 11.8 Å². The molecular weight excluding hydrogens is 360 g/mol. The highest BCUT2D eigenvalue weighted by Gasteiger charge is 2.16. The van der Waals surface area contributed by atoms with Crippen LogP contribution in [0.1, 0.15) is 17.7 Å². The first kappa shape index (κ1) is 17.4. The Morgan fingerprint density at radius 1 is 1.11 bits per heavy atom. The summed E-state index contributed by atoms with van der Waals surface area (Å²) in [6, 6.07) is 17.6. The Balaban J connectivity index is 1.78. The van der Waals surface area contributed by atoms with Gasteiger partial charge in [0.15, 0.2) is 10.8 Å². The van der Waals surface area contributed by atoms with E-state index in [0.29, 0.717) is 21.9 Å². The molecule has 136 valence electrons. The number of thioether (sulfide) groups is 1. The number of hydrogen-bond donors (Lipinski definition) is 1. The van der Waals surface area contributed by atoms with Crippen molar-refractivity contribution in [2.24, 2.45) is 0 Å². The van der Waals surface area contributed by atoms with Crippen molar-refractivity contribution in [3.05, 3.63) is 76.7 Å². The summed E-state index contributed by atoms with van der Waals surface area (Å²) in [4.78, 5) is 20.0. The summed E-state index contributed by atoms with van der Waals surface area (Å²) in [5, 5.41) is 5.50. The van der Waals surface area contributed by atoms with Crippen LogP contribution < -0.4 is 10.3 Å². The summed E-state index contributed by atoms with van der Waals surface area (Å²) in [7, 11) is 1.60. The minimum Gasteiger partial charge on any atom is -0.494 e. The lowest BCUT2D eigenvalue weighted by Gasteiger charge is -2.11. The number of H-pyrrole nitrogens is 1. The first-order valence-electron chi connectivity index (χ1n) is 8.50. The van der Waals surface area contributed by atoms with Gasteiger partial charge in [-0.05, 0) is 24.6 Å². The Labute approximate surface area is 160 Å². The van der Waals surface area contributed by atoms with E-state index in [9.17, 15) is 4.79 Å². The number of benzene rings is 2. The number of nitrogens with one attached hydrogen (secondary N) is 1. The number of fused-ring (bicyclic) bond motifs is 1. The molecule has 0 aliphatic rings. The van der Waals surface area contributed by atoms with E-state index >= 15 is 0 Å². The van der Waals surface area contributed by atoms with Gasteiger partial charge < -0.3 is 9.72 Å². The van der Waals surface area contributed by atoms with Crippen molar-refractivity contribution in [1.82, 2.24) is 19.7 Å². The predicted molar refractivity (Wildman–Crippen MR) is 107 cm³/mol. The van der Waals surface area contributed by atoms with Gasteiger partial charge >= 0.3 is 0 Å². The van der Waals surface area contributed by atoms with Crippen LogP contribution in [0.15, 0.2) is 70.7 Å². The molecule has 6 nitrogen and oxygen atoms in total. The van der Waals surface area contributed by atoms with Crippen LogP contribution >= 0.6 is 11.8 Å². The molecule has 27 heavy (non-hydrogen) atoms. The van der Waals surface area contributed by atoms with Gasteiger partial charge in [-0.3, -0.25) is 4.79 Å². The smallest absolute Gasteiger partial charge is 0.262 e. The van der Waals surface area contributed by atoms with Crippen LogP contribution in [0.25, 0.3) is 16.7 Å². The van der Waals surface area contributed by atoms with Crippen molar-refractivity contribution in [2.75, 3.05) is 7.11 Å². The van der Waals surface area contributed by atoms with Crippen LogP contribution in [0.4, 0.5) is 0 Å². The molecule has 0 amide bonds. The fourth-order valence-corrected chi connectivity index (χ4v) is 3.81. The zero-order valence-electron chi connectivity index (χ0n) is 14.9. The largest absolute Gasteiger partial charge is 0.494 e. The van der Waals surface area contributed by atoms with Gasteiger partial charge in [-0.2, -0.15) is 5.10 Å². The van der Waals surface area contributed by atoms with Gasteiger partial charge in [0.05, 0.1) is 13.3 Å². The molecule has 2 aromatic carbocycles. The molecule has 0 saturated carbocycles. The third kappa shape index (κ3) is 3.33. The number of hydrogen-bond acceptors (Lipinski definition) is 5. The number of aromatic nitrogens is 4. The fraction of sp³-hybridized carbons (Fsp3) is 0.150. The zero-order valence-corrected chi connectivity index (χ0v) is 15.7. The van der Waals surface area contributed by atoms with E-state index in [4.69, 9.17) is 4.74 Å². The molecule has 2 aromatic heterocycles. The molecule has 1 atom stereocenters. The monoisotopic (exact) mass is 378 g/mol. The van der Waals surface area contributed by atoms with Crippen LogP contribution in [0.5, 0.6) is 5.75 Å². The molecule has 1 unspecified atom stereocenters. The van der Waals surface area contributed by atoms with Gasteiger partial charge in [0, 0.05) is 5.25 Å². The van der Waals surface area contributed by atoms with E-state index in [2.05, 4.69) is 34.1 Å². The molecule has 2 heterocycles. The molecule has 4 aromatic rings. The summed E-state index contributed by atoms with van der Waals surface area (Å²) in [6.07, 6.45) is 1.53. The molecule has 0 bridgehead atoms. The third-order valence-electron chi connectivity index (χ3n) is 4.29. The first-order chi connectivity index (χ1) is 13.2. The Kier molecular flexibility index (Phi) is 4.68. The van der Waals surface area contributed by atoms with Crippen molar-refractivity contribution in [3.8, 4) is 11.4 Å². The second-order valence-corrected chi connectivity index (χ2v) is 7.34. The second kappa shape index (κ2) is 7.28. The van der Waals surface area contributed by atoms with Gasteiger partial charge in [-0.15, -0.1) is 0 Å². The zero-order chi connectivity index (χ0) is 18.8. The van der Waals surface area contributed by atoms with Gasteiger partial charge in [0.25, 0.3) is 5.56 Å². The number of ether oxygens (including phenoxy) is 1. The molecule has 7 heteroatoms. The quantitative estimate of drug-likeness (QED) is 0.420. The summed E-state index contributed by atoms with van der Waals surface area (Å²) in [5.41, 5.74) is 2.21. The van der Waals surface area contributed by atoms with Crippen LogP contribution in [0.3, 0.4) is 0 Å². The van der Waals surface area contributed by atoms with Gasteiger partial charge in [0.2, 0.25) is 0 Å². The SMILES string of the molecule is COc1ccccc1-n1ncc2c(=O)[nH]c(SC(C)c3ccccc3)nc21. The Morgan fingerprint density at radius 3 is 2.63 bits per heavy atom. The number of methoxy groups -OCH3 is 1. The summed E-state index contributed by atoms with van der Waals surface area (Å²) < 4.78 is 7.06. The van der Waals surface area contributed by atoms with E-state index in [1.807, 2.05) is 42.5 Å². The predicted octanol–water partition coefficient (Wildman–Crippen LogP) is 3.97. The van der Waals surface area contributed by atoms with Crippen molar-refractivity contribution < 1.29 is 4.74 Å². The Bertz CT molecular complexity index is 1140. The molecule has 0 aliphatic heterocycles. The summed E-state index contributed by atoms with van der Waals surface area (Å²) >= 11 is 1.50. The second-order valence-electron chi connectivity index (χ2n) is 6.01. The molecule has 0 spiro atoms. The first-order valence-corrected chi connectivity index (χ1v) is 9.38. The van der Waals surface area contributed by atoms with Crippen molar-refractivity contribution in [3.63, 3.8) is 0 Å². The highest BCUT2D eigenvalue weighted by atomic mass is 32.2. The molecule has 0 saturated heterocycles. The molecule has 0 aliphatic carbocycles. The lowest BCUT2D eigenvalue weighted by Crippen LogP contribution is -2.10. The third-order valence-corrected chi connectivity index (χ3v) is 5.33. The van der Waals surface area contributed by atoms with Crippen LogP contribution in [-0.2, 0) is 0 Å². The fourth-order valence-electron chi connectivity index (χ4n) is 2.89. The van der Waals surface area contributed by atoms with E-state index in [1.165, 1.54) is 23.5 Å². The van der Waals surface area contributed by atoms with Gasteiger partial charge in [-0.25, -0.2) is 9.67 Å². The number of rotatable bonds is 5. The number of para-hydroxylation sites is 2. The maximum absolute atomic E-state index is 12.5. The highest BCUT2D eigenvalue weighted by Crippen LogP contribution is 2.33. The van der Waals surface area contributed by atoms with E-state index in [-0.39, 0.29) is 10.8 Å². The van der Waals surface area contributed by atoms with Crippen LogP contribution in [-0.4, -0.2) is 26.9 Å². The molecule has 0 fully saturated rings. The van der Waals surface area contributed by atoms with E-state index in [0.717, 1.165) is 5.69 Å². The minimum atomic E-state index is -0.205. The van der Waals surface area contributed by atoms with Crippen molar-refractivity contribution in [2.45, 2.75) is 17.3 Å². The highest BCUT2D eigenvalue weighted by molar-refractivity contribution is 7.99. The van der Waals surface area contributed by atoms with Gasteiger partial charge in [-0.1, -0.05) is 54.2 Å². The standard InChI is InChI=1S/C20H18N4O2S/c1-13(14-8-4-3-5-9-14)27-20-22-18-15(19(25)23-20)12-21-24(18)16-10-6-7-11-17(16)26-2/h3-13H,1-2H3,(H,22,23,25). The number of aromatic amines is 1. The van der Waals surface area contributed by atoms with Crippen molar-refractivity contribution >= 4 is 22.8 Å².